The molecule has 0 saturated carbocycles. The van der Waals surface area contributed by atoms with Crippen molar-refractivity contribution in [1.82, 2.24) is 10.3 Å². The van der Waals surface area contributed by atoms with Crippen LogP contribution in [0.5, 0.6) is 0 Å². The van der Waals surface area contributed by atoms with Crippen LogP contribution in [-0.2, 0) is 15.6 Å². The fraction of sp³-hybridized carbons (Fsp3) is 0.875. The van der Waals surface area contributed by atoms with Crippen molar-refractivity contribution in [3.63, 3.8) is 0 Å². The molecule has 0 saturated heterocycles. The van der Waals surface area contributed by atoms with E-state index in [1.807, 2.05) is 0 Å². The Bertz CT molecular complexity index is 528. The van der Waals surface area contributed by atoms with Crippen LogP contribution in [0.3, 0.4) is 0 Å². The molecule has 23 heavy (non-hydrogen) atoms. The molecule has 0 bridgehead atoms. The van der Waals surface area contributed by atoms with Crippen molar-refractivity contribution < 1.29 is 18.2 Å². The van der Waals surface area contributed by atoms with Gasteiger partial charge in [0.05, 0.1) is 17.6 Å². The fourth-order valence-corrected chi connectivity index (χ4v) is 4.09. The lowest BCUT2D eigenvalue weighted by atomic mass is 10.1. The maximum absolute atomic E-state index is 12.0. The Hall–Kier alpha value is -0.950. The van der Waals surface area contributed by atoms with Crippen molar-refractivity contribution in [2.45, 2.75) is 83.5 Å². The molecule has 1 aromatic rings. The smallest absolute Gasteiger partial charge is 0.158 e. The average molecular weight is 346 g/mol. The number of aliphatic hydroxyl groups excluding tert-OH is 1. The molecule has 1 atom stereocenters. The van der Waals surface area contributed by atoms with Gasteiger partial charge in [-0.3, -0.25) is 0 Å². The van der Waals surface area contributed by atoms with Crippen LogP contribution >= 0.6 is 0 Å². The third kappa shape index (κ3) is 9.05. The highest BCUT2D eigenvalue weighted by molar-refractivity contribution is 7.90. The van der Waals surface area contributed by atoms with E-state index in [9.17, 15) is 13.5 Å². The summed E-state index contributed by atoms with van der Waals surface area (Å²) in [6, 6.07) is 0. The molecule has 1 heterocycles. The zero-order chi connectivity index (χ0) is 17.1. The number of hydrogen-bond acceptors (Lipinski definition) is 6. The zero-order valence-electron chi connectivity index (χ0n) is 14.3. The van der Waals surface area contributed by atoms with Crippen molar-refractivity contribution in [2.24, 2.45) is 0 Å². The number of sulfone groups is 1. The molecule has 1 unspecified atom stereocenters. The second kappa shape index (κ2) is 10.8. The molecule has 0 radical (unpaired) electrons. The molecule has 0 fully saturated rings. The van der Waals surface area contributed by atoms with Gasteiger partial charge in [0, 0.05) is 0 Å². The fourth-order valence-electron chi connectivity index (χ4n) is 2.54. The summed E-state index contributed by atoms with van der Waals surface area (Å²) in [5.74, 6) is -0.452. The Kier molecular flexibility index (Phi) is 9.40. The van der Waals surface area contributed by atoms with Gasteiger partial charge in [0.2, 0.25) is 0 Å². The minimum Gasteiger partial charge on any atom is -0.392 e. The molecular weight excluding hydrogens is 316 g/mol. The van der Waals surface area contributed by atoms with Crippen LogP contribution in [0, 0.1) is 6.92 Å². The summed E-state index contributed by atoms with van der Waals surface area (Å²) < 4.78 is 28.5. The van der Waals surface area contributed by atoms with E-state index < -0.39 is 15.9 Å². The van der Waals surface area contributed by atoms with Crippen LogP contribution in [0.25, 0.3) is 0 Å². The van der Waals surface area contributed by atoms with Crippen LogP contribution in [0.2, 0.25) is 0 Å². The highest BCUT2D eigenvalue weighted by atomic mass is 32.2. The molecule has 0 aliphatic carbocycles. The van der Waals surface area contributed by atoms with E-state index in [0.717, 1.165) is 19.3 Å². The van der Waals surface area contributed by atoms with Gasteiger partial charge in [0.25, 0.3) is 0 Å². The van der Waals surface area contributed by atoms with Crippen LogP contribution in [-0.4, -0.2) is 35.7 Å². The quantitative estimate of drug-likeness (QED) is 0.551. The maximum Gasteiger partial charge on any atom is 0.158 e. The van der Waals surface area contributed by atoms with Gasteiger partial charge in [-0.05, 0) is 13.3 Å². The number of aryl methyl sites for hydroxylation is 1. The normalized spacial score (nSPS) is 13.3. The minimum atomic E-state index is -3.40. The first-order chi connectivity index (χ1) is 10.9. The Balaban J connectivity index is 2.15. The van der Waals surface area contributed by atoms with E-state index in [4.69, 9.17) is 0 Å². The summed E-state index contributed by atoms with van der Waals surface area (Å²) in [6.07, 6.45) is 9.17. The Morgan fingerprint density at radius 2 is 1.65 bits per heavy atom. The summed E-state index contributed by atoms with van der Waals surface area (Å²) in [4.78, 5) is 0. The highest BCUT2D eigenvalue weighted by Gasteiger charge is 2.21. The van der Waals surface area contributed by atoms with Crippen LogP contribution < -0.4 is 0 Å². The van der Waals surface area contributed by atoms with Crippen molar-refractivity contribution in [2.75, 3.05) is 5.75 Å². The number of rotatable bonds is 13. The number of aromatic nitrogens is 2. The largest absolute Gasteiger partial charge is 0.392 e. The second-order valence-corrected chi connectivity index (χ2v) is 8.38. The van der Waals surface area contributed by atoms with Crippen molar-refractivity contribution in [3.05, 3.63) is 11.4 Å². The van der Waals surface area contributed by atoms with Gasteiger partial charge in [0.15, 0.2) is 9.84 Å². The summed E-state index contributed by atoms with van der Waals surface area (Å²) in [5, 5.41) is 17.1. The zero-order valence-corrected chi connectivity index (χ0v) is 15.1. The van der Waals surface area contributed by atoms with E-state index in [-0.39, 0.29) is 11.5 Å². The summed E-state index contributed by atoms with van der Waals surface area (Å²) in [5.41, 5.74) is 0.801. The predicted octanol–water partition coefficient (Wildman–Crippen LogP) is 3.18. The Labute approximate surface area is 139 Å². The van der Waals surface area contributed by atoms with Crippen molar-refractivity contribution in [1.29, 1.82) is 0 Å². The molecule has 0 aromatic carbocycles. The van der Waals surface area contributed by atoms with Gasteiger partial charge in [0.1, 0.15) is 11.4 Å². The average Bonchev–Trinajstić information content (AvgIpc) is 2.86. The van der Waals surface area contributed by atoms with Gasteiger partial charge in [-0.25, -0.2) is 13.0 Å². The topological polar surface area (TPSA) is 93.3 Å². The first kappa shape index (κ1) is 20.1. The standard InChI is InChI=1S/C16H30N2O4S/c1-3-4-5-6-7-8-9-10-11-15(19)12-23(20,21)13-16-14(2)17-22-18-16/h15,19H,3-13H2,1-2H3. The lowest BCUT2D eigenvalue weighted by Gasteiger charge is -2.10. The van der Waals surface area contributed by atoms with E-state index in [1.165, 1.54) is 32.1 Å². The van der Waals surface area contributed by atoms with Crippen LogP contribution in [0.15, 0.2) is 4.63 Å². The van der Waals surface area contributed by atoms with E-state index >= 15 is 0 Å². The third-order valence-corrected chi connectivity index (χ3v) is 5.55. The molecule has 0 aliphatic heterocycles. The molecular formula is C16H30N2O4S. The molecule has 0 aliphatic rings. The number of aliphatic hydroxyl groups is 1. The monoisotopic (exact) mass is 346 g/mol. The van der Waals surface area contributed by atoms with Crippen LogP contribution in [0.1, 0.15) is 76.1 Å². The van der Waals surface area contributed by atoms with Crippen molar-refractivity contribution >= 4 is 9.84 Å². The minimum absolute atomic E-state index is 0.225. The molecule has 134 valence electrons. The molecule has 0 spiro atoms. The van der Waals surface area contributed by atoms with E-state index in [1.54, 1.807) is 6.92 Å². The van der Waals surface area contributed by atoms with E-state index in [0.29, 0.717) is 17.8 Å². The highest BCUT2D eigenvalue weighted by Crippen LogP contribution is 2.13. The van der Waals surface area contributed by atoms with E-state index in [2.05, 4.69) is 21.9 Å². The first-order valence-corrected chi connectivity index (χ1v) is 10.4. The lowest BCUT2D eigenvalue weighted by Crippen LogP contribution is -2.22. The van der Waals surface area contributed by atoms with Crippen molar-refractivity contribution in [3.8, 4) is 0 Å². The second-order valence-electron chi connectivity index (χ2n) is 6.27. The Morgan fingerprint density at radius 1 is 1.04 bits per heavy atom. The number of unbranched alkanes of at least 4 members (excludes halogenated alkanes) is 7. The number of hydrogen-bond donors (Lipinski definition) is 1. The molecule has 6 nitrogen and oxygen atoms in total. The first-order valence-electron chi connectivity index (χ1n) is 8.61. The predicted molar refractivity (Wildman–Crippen MR) is 89.8 cm³/mol. The van der Waals surface area contributed by atoms with Gasteiger partial charge in [-0.15, -0.1) is 0 Å². The lowest BCUT2D eigenvalue weighted by molar-refractivity contribution is 0.182. The van der Waals surface area contributed by atoms with Gasteiger partial charge in [-0.1, -0.05) is 68.6 Å². The SMILES string of the molecule is CCCCCCCCCCC(O)CS(=O)(=O)Cc1nonc1C. The molecule has 1 N–H and O–H groups in total. The van der Waals surface area contributed by atoms with Gasteiger partial charge in [-0.2, -0.15) is 0 Å². The summed E-state index contributed by atoms with van der Waals surface area (Å²) in [6.45, 7) is 3.86. The molecule has 7 heteroatoms. The summed E-state index contributed by atoms with van der Waals surface area (Å²) >= 11 is 0. The van der Waals surface area contributed by atoms with Crippen LogP contribution in [0.4, 0.5) is 0 Å². The van der Waals surface area contributed by atoms with Gasteiger partial charge >= 0.3 is 0 Å². The Morgan fingerprint density at radius 3 is 2.22 bits per heavy atom. The number of nitrogens with zero attached hydrogens (tertiary/aromatic N) is 2. The van der Waals surface area contributed by atoms with Gasteiger partial charge < -0.3 is 5.11 Å². The summed E-state index contributed by atoms with van der Waals surface area (Å²) in [7, 11) is -3.40. The molecule has 1 aromatic heterocycles. The third-order valence-electron chi connectivity index (χ3n) is 3.94. The molecule has 0 amide bonds. The molecule has 1 rings (SSSR count). The maximum atomic E-state index is 12.0.